The van der Waals surface area contributed by atoms with Gasteiger partial charge in [0, 0.05) is 12.6 Å². The van der Waals surface area contributed by atoms with Crippen molar-refractivity contribution in [2.75, 3.05) is 6.54 Å². The molecular formula is C16H19N3O2. The van der Waals surface area contributed by atoms with Crippen molar-refractivity contribution in [1.82, 2.24) is 15.1 Å². The number of nitrogens with one attached hydrogen (secondary N) is 1. The zero-order valence-corrected chi connectivity index (χ0v) is 12.2. The van der Waals surface area contributed by atoms with Crippen LogP contribution >= 0.6 is 0 Å². The molecule has 21 heavy (non-hydrogen) atoms. The number of benzene rings is 1. The van der Waals surface area contributed by atoms with E-state index in [0.717, 1.165) is 12.0 Å². The van der Waals surface area contributed by atoms with E-state index < -0.39 is 6.04 Å². The zero-order chi connectivity index (χ0) is 15.2. The first-order valence-corrected chi connectivity index (χ1v) is 6.96. The number of aryl methyl sites for hydroxylation is 1. The first-order chi connectivity index (χ1) is 10.1. The summed E-state index contributed by atoms with van der Waals surface area (Å²) < 4.78 is 1.22. The summed E-state index contributed by atoms with van der Waals surface area (Å²) in [5, 5.41) is 6.94. The molecule has 1 heterocycles. The summed E-state index contributed by atoms with van der Waals surface area (Å²) in [6.45, 7) is 4.00. The molecular weight excluding hydrogens is 266 g/mol. The van der Waals surface area contributed by atoms with Gasteiger partial charge in [-0.25, -0.2) is 4.68 Å². The smallest absolute Gasteiger partial charge is 0.267 e. The molecule has 1 unspecified atom stereocenters. The quantitative estimate of drug-likeness (QED) is 0.905. The van der Waals surface area contributed by atoms with Crippen LogP contribution < -0.4 is 10.9 Å². The lowest BCUT2D eigenvalue weighted by molar-refractivity contribution is -0.124. The van der Waals surface area contributed by atoms with Crippen molar-refractivity contribution in [1.29, 1.82) is 0 Å². The fourth-order valence-corrected chi connectivity index (χ4v) is 2.03. The van der Waals surface area contributed by atoms with Crippen molar-refractivity contribution >= 4 is 5.91 Å². The third-order valence-electron chi connectivity index (χ3n) is 3.26. The van der Waals surface area contributed by atoms with E-state index in [4.69, 9.17) is 0 Å². The molecule has 0 aliphatic heterocycles. The summed E-state index contributed by atoms with van der Waals surface area (Å²) in [4.78, 5) is 23.8. The van der Waals surface area contributed by atoms with Crippen molar-refractivity contribution in [2.24, 2.45) is 0 Å². The Morgan fingerprint density at radius 3 is 2.67 bits per heavy atom. The molecule has 1 atom stereocenters. The Kier molecular flexibility index (Phi) is 4.87. The molecule has 0 saturated carbocycles. The maximum Gasteiger partial charge on any atom is 0.267 e. The minimum atomic E-state index is -0.617. The van der Waals surface area contributed by atoms with Crippen LogP contribution in [0.1, 0.15) is 24.2 Å². The lowest BCUT2D eigenvalue weighted by Crippen LogP contribution is -2.37. The summed E-state index contributed by atoms with van der Waals surface area (Å²) in [6, 6.07) is 12.4. The lowest BCUT2D eigenvalue weighted by Gasteiger charge is -2.14. The van der Waals surface area contributed by atoms with Gasteiger partial charge in [-0.2, -0.15) is 5.10 Å². The number of carbonyl (C=O) groups is 1. The second-order valence-electron chi connectivity index (χ2n) is 4.96. The molecule has 2 aromatic rings. The second kappa shape index (κ2) is 6.83. The van der Waals surface area contributed by atoms with E-state index in [-0.39, 0.29) is 11.5 Å². The van der Waals surface area contributed by atoms with E-state index in [1.165, 1.54) is 10.7 Å². The Balaban J connectivity index is 1.94. The molecule has 0 aliphatic rings. The summed E-state index contributed by atoms with van der Waals surface area (Å²) in [6.07, 6.45) is 0.759. The summed E-state index contributed by atoms with van der Waals surface area (Å²) in [5.74, 6) is -0.203. The van der Waals surface area contributed by atoms with Gasteiger partial charge in [-0.3, -0.25) is 9.59 Å². The van der Waals surface area contributed by atoms with Crippen molar-refractivity contribution in [3.63, 3.8) is 0 Å². The van der Waals surface area contributed by atoms with Crippen molar-refractivity contribution < 1.29 is 4.79 Å². The van der Waals surface area contributed by atoms with Gasteiger partial charge < -0.3 is 5.32 Å². The van der Waals surface area contributed by atoms with Crippen LogP contribution in [0.15, 0.2) is 47.3 Å². The summed E-state index contributed by atoms with van der Waals surface area (Å²) >= 11 is 0. The molecule has 1 aromatic heterocycles. The predicted octanol–water partition coefficient (Wildman–Crippen LogP) is 1.47. The highest BCUT2D eigenvalue weighted by molar-refractivity contribution is 5.79. The van der Waals surface area contributed by atoms with Crippen LogP contribution in [0.5, 0.6) is 0 Å². The van der Waals surface area contributed by atoms with E-state index >= 15 is 0 Å². The number of amides is 1. The van der Waals surface area contributed by atoms with E-state index in [1.54, 1.807) is 19.9 Å². The van der Waals surface area contributed by atoms with Crippen LogP contribution in [-0.4, -0.2) is 22.2 Å². The first-order valence-electron chi connectivity index (χ1n) is 6.96. The summed E-state index contributed by atoms with van der Waals surface area (Å²) in [5.41, 5.74) is 1.60. The minimum absolute atomic E-state index is 0.203. The molecule has 5 heteroatoms. The van der Waals surface area contributed by atoms with Gasteiger partial charge in [-0.1, -0.05) is 30.3 Å². The Morgan fingerprint density at radius 2 is 1.95 bits per heavy atom. The average molecular weight is 285 g/mol. The van der Waals surface area contributed by atoms with E-state index in [2.05, 4.69) is 10.4 Å². The van der Waals surface area contributed by atoms with E-state index in [0.29, 0.717) is 12.2 Å². The van der Waals surface area contributed by atoms with Gasteiger partial charge in [0.15, 0.2) is 0 Å². The molecule has 0 spiro atoms. The largest absolute Gasteiger partial charge is 0.354 e. The summed E-state index contributed by atoms with van der Waals surface area (Å²) in [7, 11) is 0. The zero-order valence-electron chi connectivity index (χ0n) is 12.2. The fraction of sp³-hybridized carbons (Fsp3) is 0.312. The molecule has 0 aliphatic carbocycles. The van der Waals surface area contributed by atoms with Gasteiger partial charge in [-0.05, 0) is 31.9 Å². The number of nitrogens with zero attached hydrogens (tertiary/aromatic N) is 2. The highest BCUT2D eigenvalue weighted by Crippen LogP contribution is 2.02. The Labute approximate surface area is 123 Å². The van der Waals surface area contributed by atoms with E-state index in [9.17, 15) is 9.59 Å². The number of hydrogen-bond donors (Lipinski definition) is 1. The Bertz CT molecular complexity index is 665. The SMILES string of the molecule is Cc1ccc(=O)n(C(C)C(=O)NCCc2ccccc2)n1. The molecule has 1 amide bonds. The number of rotatable bonds is 5. The van der Waals surface area contributed by atoms with Crippen LogP contribution in [0.2, 0.25) is 0 Å². The number of hydrogen-bond acceptors (Lipinski definition) is 3. The molecule has 1 aromatic carbocycles. The lowest BCUT2D eigenvalue weighted by atomic mass is 10.1. The van der Waals surface area contributed by atoms with Gasteiger partial charge in [0.25, 0.3) is 5.56 Å². The number of carbonyl (C=O) groups excluding carboxylic acids is 1. The molecule has 110 valence electrons. The fourth-order valence-electron chi connectivity index (χ4n) is 2.03. The third kappa shape index (κ3) is 4.02. The molecule has 2 rings (SSSR count). The molecule has 0 radical (unpaired) electrons. The van der Waals surface area contributed by atoms with Crippen LogP contribution in [0, 0.1) is 6.92 Å². The molecule has 0 saturated heterocycles. The molecule has 0 bridgehead atoms. The normalized spacial score (nSPS) is 11.9. The maximum absolute atomic E-state index is 12.1. The topological polar surface area (TPSA) is 64.0 Å². The van der Waals surface area contributed by atoms with Gasteiger partial charge in [-0.15, -0.1) is 0 Å². The van der Waals surface area contributed by atoms with Gasteiger partial charge in [0.1, 0.15) is 6.04 Å². The van der Waals surface area contributed by atoms with Crippen molar-refractivity contribution in [2.45, 2.75) is 26.3 Å². The van der Waals surface area contributed by atoms with Crippen LogP contribution in [0.4, 0.5) is 0 Å². The van der Waals surface area contributed by atoms with Crippen molar-refractivity contribution in [3.05, 3.63) is 64.1 Å². The second-order valence-corrected chi connectivity index (χ2v) is 4.96. The highest BCUT2D eigenvalue weighted by atomic mass is 16.2. The van der Waals surface area contributed by atoms with Crippen LogP contribution in [0.25, 0.3) is 0 Å². The van der Waals surface area contributed by atoms with Crippen LogP contribution in [-0.2, 0) is 11.2 Å². The minimum Gasteiger partial charge on any atom is -0.354 e. The Morgan fingerprint density at radius 1 is 1.24 bits per heavy atom. The molecule has 1 N–H and O–H groups in total. The van der Waals surface area contributed by atoms with Gasteiger partial charge >= 0.3 is 0 Å². The standard InChI is InChI=1S/C16H19N3O2/c1-12-8-9-15(20)19(18-12)13(2)16(21)17-11-10-14-6-4-3-5-7-14/h3-9,13H,10-11H2,1-2H3,(H,17,21). The predicted molar refractivity (Wildman–Crippen MR) is 81.1 cm³/mol. The van der Waals surface area contributed by atoms with Gasteiger partial charge in [0.2, 0.25) is 5.91 Å². The Hall–Kier alpha value is -2.43. The monoisotopic (exact) mass is 285 g/mol. The third-order valence-corrected chi connectivity index (χ3v) is 3.26. The first kappa shape index (κ1) is 15.0. The van der Waals surface area contributed by atoms with Crippen LogP contribution in [0.3, 0.4) is 0 Å². The van der Waals surface area contributed by atoms with E-state index in [1.807, 2.05) is 30.3 Å². The van der Waals surface area contributed by atoms with Gasteiger partial charge in [0.05, 0.1) is 5.69 Å². The molecule has 5 nitrogen and oxygen atoms in total. The number of aromatic nitrogens is 2. The molecule has 0 fully saturated rings. The van der Waals surface area contributed by atoms with Crippen molar-refractivity contribution in [3.8, 4) is 0 Å². The average Bonchev–Trinajstić information content (AvgIpc) is 2.50. The highest BCUT2D eigenvalue weighted by Gasteiger charge is 2.16. The maximum atomic E-state index is 12.1.